The Hall–Kier alpha value is -1.14. The first-order valence-electron chi connectivity index (χ1n) is 7.10. The molecule has 6 heteroatoms. The second-order valence-corrected chi connectivity index (χ2v) is 5.64. The summed E-state index contributed by atoms with van der Waals surface area (Å²) in [6.45, 7) is 9.75. The molecular weight excluding hydrogens is 318 g/mol. The van der Waals surface area contributed by atoms with E-state index in [4.69, 9.17) is 0 Å². The highest BCUT2D eigenvalue weighted by atomic mass is 79.9. The van der Waals surface area contributed by atoms with Gasteiger partial charge in [-0.2, -0.15) is 10.2 Å². The Kier molecular flexibility index (Phi) is 5.37. The number of hydrogen-bond acceptors (Lipinski definition) is 3. The predicted octanol–water partition coefficient (Wildman–Crippen LogP) is 2.72. The summed E-state index contributed by atoms with van der Waals surface area (Å²) in [7, 11) is 0. The minimum atomic E-state index is 0.739. The molecule has 110 valence electrons. The fraction of sp³-hybridized carbons (Fsp3) is 0.571. The zero-order valence-electron chi connectivity index (χ0n) is 12.4. The van der Waals surface area contributed by atoms with Crippen LogP contribution in [0.4, 0.5) is 0 Å². The Bertz CT molecular complexity index is 558. The molecule has 5 nitrogen and oxygen atoms in total. The maximum absolute atomic E-state index is 4.60. The van der Waals surface area contributed by atoms with E-state index in [9.17, 15) is 0 Å². The molecule has 0 saturated carbocycles. The van der Waals surface area contributed by atoms with Gasteiger partial charge in [-0.1, -0.05) is 6.92 Å². The number of aromatic nitrogens is 4. The van der Waals surface area contributed by atoms with Gasteiger partial charge < -0.3 is 5.32 Å². The summed E-state index contributed by atoms with van der Waals surface area (Å²) < 4.78 is 5.08. The minimum absolute atomic E-state index is 0.739. The average molecular weight is 340 g/mol. The second-order valence-electron chi connectivity index (χ2n) is 4.84. The number of nitrogens with zero attached hydrogens (tertiary/aromatic N) is 4. The van der Waals surface area contributed by atoms with Crippen LogP contribution in [0.25, 0.3) is 0 Å². The molecule has 20 heavy (non-hydrogen) atoms. The Morgan fingerprint density at radius 3 is 2.80 bits per heavy atom. The van der Waals surface area contributed by atoms with E-state index in [2.05, 4.69) is 51.4 Å². The molecule has 2 rings (SSSR count). The van der Waals surface area contributed by atoms with Gasteiger partial charge in [-0.25, -0.2) is 0 Å². The van der Waals surface area contributed by atoms with Crippen molar-refractivity contribution in [3.05, 3.63) is 33.8 Å². The number of rotatable bonds is 7. The molecule has 2 heterocycles. The van der Waals surface area contributed by atoms with Crippen molar-refractivity contribution in [2.24, 2.45) is 0 Å². The van der Waals surface area contributed by atoms with Crippen molar-refractivity contribution in [2.45, 2.75) is 46.8 Å². The zero-order valence-corrected chi connectivity index (χ0v) is 13.9. The number of hydrogen-bond donors (Lipinski definition) is 1. The fourth-order valence-corrected chi connectivity index (χ4v) is 2.56. The first kappa shape index (κ1) is 15.3. The van der Waals surface area contributed by atoms with Crippen molar-refractivity contribution in [1.29, 1.82) is 0 Å². The van der Waals surface area contributed by atoms with Gasteiger partial charge in [-0.15, -0.1) is 0 Å². The maximum atomic E-state index is 4.60. The third-order valence-corrected chi connectivity index (χ3v) is 4.22. The predicted molar refractivity (Wildman–Crippen MR) is 83.7 cm³/mol. The Labute approximate surface area is 128 Å². The van der Waals surface area contributed by atoms with Gasteiger partial charge in [0.05, 0.1) is 28.1 Å². The van der Waals surface area contributed by atoms with E-state index in [1.807, 2.05) is 22.5 Å². The summed E-state index contributed by atoms with van der Waals surface area (Å²) in [6, 6.07) is 2.07. The van der Waals surface area contributed by atoms with Crippen LogP contribution < -0.4 is 5.32 Å². The molecular formula is C14H22BrN5. The third kappa shape index (κ3) is 3.49. The van der Waals surface area contributed by atoms with E-state index in [1.165, 1.54) is 5.69 Å². The van der Waals surface area contributed by atoms with Gasteiger partial charge in [0.25, 0.3) is 0 Å². The lowest BCUT2D eigenvalue weighted by molar-refractivity contribution is 0.566. The molecule has 0 radical (unpaired) electrons. The monoisotopic (exact) mass is 339 g/mol. The molecule has 1 N–H and O–H groups in total. The summed E-state index contributed by atoms with van der Waals surface area (Å²) in [5.74, 6) is 0. The van der Waals surface area contributed by atoms with Crippen LogP contribution in [0, 0.1) is 6.92 Å². The topological polar surface area (TPSA) is 47.7 Å². The molecule has 0 aliphatic carbocycles. The summed E-state index contributed by atoms with van der Waals surface area (Å²) in [5, 5.41) is 12.5. The molecule has 0 aliphatic heterocycles. The summed E-state index contributed by atoms with van der Waals surface area (Å²) in [5.41, 5.74) is 3.27. The van der Waals surface area contributed by atoms with Gasteiger partial charge in [-0.3, -0.25) is 9.36 Å². The molecule has 0 saturated heterocycles. The highest BCUT2D eigenvalue weighted by Gasteiger charge is 2.12. The lowest BCUT2D eigenvalue weighted by Crippen LogP contribution is -2.15. The second kappa shape index (κ2) is 7.04. The van der Waals surface area contributed by atoms with Gasteiger partial charge in [0.2, 0.25) is 0 Å². The highest BCUT2D eigenvalue weighted by Crippen LogP contribution is 2.21. The first-order valence-corrected chi connectivity index (χ1v) is 7.89. The van der Waals surface area contributed by atoms with E-state index in [0.29, 0.717) is 0 Å². The SMILES string of the molecule is CCCNCc1ccn(Cc2c(Br)c(C)nn2CC)n1. The van der Waals surface area contributed by atoms with Crippen molar-refractivity contribution in [2.75, 3.05) is 6.54 Å². The van der Waals surface area contributed by atoms with Crippen molar-refractivity contribution in [3.63, 3.8) is 0 Å². The molecule has 2 aromatic rings. The Balaban J connectivity index is 2.07. The number of nitrogens with one attached hydrogen (secondary N) is 1. The minimum Gasteiger partial charge on any atom is -0.311 e. The molecule has 0 aliphatic rings. The highest BCUT2D eigenvalue weighted by molar-refractivity contribution is 9.10. The van der Waals surface area contributed by atoms with Crippen LogP contribution in [-0.4, -0.2) is 26.1 Å². The largest absolute Gasteiger partial charge is 0.311 e. The van der Waals surface area contributed by atoms with Crippen molar-refractivity contribution in [1.82, 2.24) is 24.9 Å². The lowest BCUT2D eigenvalue weighted by Gasteiger charge is -2.06. The fourth-order valence-electron chi connectivity index (χ4n) is 2.15. The Morgan fingerprint density at radius 2 is 2.10 bits per heavy atom. The van der Waals surface area contributed by atoms with E-state index in [-0.39, 0.29) is 0 Å². The first-order chi connectivity index (χ1) is 9.65. The van der Waals surface area contributed by atoms with E-state index in [1.54, 1.807) is 0 Å². The molecule has 0 aromatic carbocycles. The molecule has 0 fully saturated rings. The van der Waals surface area contributed by atoms with Crippen molar-refractivity contribution < 1.29 is 0 Å². The molecule has 0 unspecified atom stereocenters. The summed E-state index contributed by atoms with van der Waals surface area (Å²) in [6.07, 6.45) is 3.17. The van der Waals surface area contributed by atoms with Crippen LogP contribution >= 0.6 is 15.9 Å². The molecule has 0 atom stereocenters. The Morgan fingerprint density at radius 1 is 1.30 bits per heavy atom. The van der Waals surface area contributed by atoms with Crippen molar-refractivity contribution >= 4 is 15.9 Å². The van der Waals surface area contributed by atoms with Gasteiger partial charge in [0.15, 0.2) is 0 Å². The van der Waals surface area contributed by atoms with Gasteiger partial charge in [0.1, 0.15) is 0 Å². The van der Waals surface area contributed by atoms with Crippen LogP contribution in [0.15, 0.2) is 16.7 Å². The lowest BCUT2D eigenvalue weighted by atomic mass is 10.3. The summed E-state index contributed by atoms with van der Waals surface area (Å²) >= 11 is 3.62. The number of halogens is 1. The normalized spacial score (nSPS) is 11.2. The van der Waals surface area contributed by atoms with Crippen LogP contribution in [0.3, 0.4) is 0 Å². The average Bonchev–Trinajstić information content (AvgIpc) is 2.99. The van der Waals surface area contributed by atoms with E-state index < -0.39 is 0 Å². The molecule has 0 amide bonds. The summed E-state index contributed by atoms with van der Waals surface area (Å²) in [4.78, 5) is 0. The molecule has 0 bridgehead atoms. The van der Waals surface area contributed by atoms with Crippen LogP contribution in [-0.2, 0) is 19.6 Å². The standard InChI is InChI=1S/C14H22BrN5/c1-4-7-16-9-12-6-8-19(18-12)10-13-14(15)11(3)17-20(13)5-2/h6,8,16H,4-5,7,9-10H2,1-3H3. The van der Waals surface area contributed by atoms with E-state index in [0.717, 1.165) is 48.5 Å². The zero-order chi connectivity index (χ0) is 14.5. The van der Waals surface area contributed by atoms with Gasteiger partial charge >= 0.3 is 0 Å². The quantitative estimate of drug-likeness (QED) is 0.789. The number of aryl methyl sites for hydroxylation is 2. The van der Waals surface area contributed by atoms with Gasteiger partial charge in [-0.05, 0) is 48.8 Å². The van der Waals surface area contributed by atoms with Crippen LogP contribution in [0.1, 0.15) is 37.4 Å². The van der Waals surface area contributed by atoms with E-state index >= 15 is 0 Å². The smallest absolute Gasteiger partial charge is 0.0839 e. The molecule has 2 aromatic heterocycles. The van der Waals surface area contributed by atoms with Gasteiger partial charge in [0, 0.05) is 19.3 Å². The maximum Gasteiger partial charge on any atom is 0.0839 e. The molecule has 0 spiro atoms. The van der Waals surface area contributed by atoms with Crippen LogP contribution in [0.2, 0.25) is 0 Å². The third-order valence-electron chi connectivity index (χ3n) is 3.19. The van der Waals surface area contributed by atoms with Crippen molar-refractivity contribution in [3.8, 4) is 0 Å². The van der Waals surface area contributed by atoms with Crippen LogP contribution in [0.5, 0.6) is 0 Å².